The first-order valence-electron chi connectivity index (χ1n) is 6.83. The topological polar surface area (TPSA) is 62.4 Å². The van der Waals surface area contributed by atoms with E-state index in [9.17, 15) is 9.50 Å². The minimum atomic E-state index is -0.343. The molecule has 0 bridgehead atoms. The van der Waals surface area contributed by atoms with Gasteiger partial charge in [0.25, 0.3) is 0 Å². The molecule has 4 nitrogen and oxygen atoms in total. The Morgan fingerprint density at radius 2 is 2.37 bits per heavy atom. The Balaban J connectivity index is 1.86. The molecule has 2 rings (SSSR count). The number of pyridine rings is 1. The van der Waals surface area contributed by atoms with Gasteiger partial charge in [0, 0.05) is 18.6 Å². The van der Waals surface area contributed by atoms with E-state index in [4.69, 9.17) is 5.73 Å². The van der Waals surface area contributed by atoms with E-state index < -0.39 is 0 Å². The molecule has 1 aromatic heterocycles. The third-order valence-corrected chi connectivity index (χ3v) is 4.04. The third kappa shape index (κ3) is 3.49. The fourth-order valence-electron chi connectivity index (χ4n) is 2.72. The molecule has 1 aliphatic heterocycles. The van der Waals surface area contributed by atoms with E-state index in [2.05, 4.69) is 16.8 Å². The van der Waals surface area contributed by atoms with Crippen LogP contribution in [-0.4, -0.2) is 40.7 Å². The number of aliphatic hydroxyl groups excluding tert-OH is 1. The highest BCUT2D eigenvalue weighted by Gasteiger charge is 2.30. The summed E-state index contributed by atoms with van der Waals surface area (Å²) in [5.74, 6) is 0.190. The van der Waals surface area contributed by atoms with Gasteiger partial charge in [0.1, 0.15) is 5.82 Å². The van der Waals surface area contributed by atoms with Gasteiger partial charge in [0.15, 0.2) is 0 Å². The van der Waals surface area contributed by atoms with Gasteiger partial charge in [-0.25, -0.2) is 4.39 Å². The van der Waals surface area contributed by atoms with E-state index in [1.54, 1.807) is 6.07 Å². The molecule has 5 heteroatoms. The lowest BCUT2D eigenvalue weighted by molar-refractivity contribution is 0.136. The average Bonchev–Trinajstić information content (AvgIpc) is 2.77. The molecule has 0 radical (unpaired) electrons. The Kier molecular flexibility index (Phi) is 4.85. The Morgan fingerprint density at radius 1 is 1.58 bits per heavy atom. The zero-order chi connectivity index (χ0) is 13.8. The molecule has 3 N–H and O–H groups in total. The molecular formula is C14H22FN3O. The minimum absolute atomic E-state index is 0.184. The molecule has 0 aliphatic carbocycles. The summed E-state index contributed by atoms with van der Waals surface area (Å²) in [6.07, 6.45) is 3.08. The van der Waals surface area contributed by atoms with Crippen molar-refractivity contribution in [3.8, 4) is 0 Å². The lowest BCUT2D eigenvalue weighted by Crippen LogP contribution is -2.37. The van der Waals surface area contributed by atoms with Crippen molar-refractivity contribution in [1.29, 1.82) is 0 Å². The summed E-state index contributed by atoms with van der Waals surface area (Å²) in [4.78, 5) is 6.30. The summed E-state index contributed by atoms with van der Waals surface area (Å²) in [6.45, 7) is 4.22. The van der Waals surface area contributed by atoms with Crippen molar-refractivity contribution in [2.24, 2.45) is 11.7 Å². The normalized spacial score (nSPS) is 25.7. The number of nitrogens with two attached hydrogens (primary N) is 1. The van der Waals surface area contributed by atoms with Gasteiger partial charge < -0.3 is 10.8 Å². The number of aliphatic hydroxyl groups is 1. The van der Waals surface area contributed by atoms with Crippen LogP contribution in [0, 0.1) is 11.7 Å². The number of halogens is 1. The summed E-state index contributed by atoms with van der Waals surface area (Å²) < 4.78 is 12.8. The molecule has 2 heterocycles. The summed E-state index contributed by atoms with van der Waals surface area (Å²) >= 11 is 0. The van der Waals surface area contributed by atoms with Crippen LogP contribution >= 0.6 is 0 Å². The van der Waals surface area contributed by atoms with Gasteiger partial charge in [0.2, 0.25) is 0 Å². The van der Waals surface area contributed by atoms with Crippen LogP contribution in [0.3, 0.4) is 0 Å². The lowest BCUT2D eigenvalue weighted by atomic mass is 10.0. The van der Waals surface area contributed by atoms with Crippen LogP contribution in [0.4, 0.5) is 4.39 Å². The lowest BCUT2D eigenvalue weighted by Gasteiger charge is -2.26. The standard InChI is InChI=1S/C14H22FN3O/c1-10-4-6-18(14(10)9-19)7-5-12(16)13-3-2-11(15)8-17-13/h2-3,8,10,12,14,19H,4-7,9,16H2,1H3. The molecule has 0 saturated carbocycles. The van der Waals surface area contributed by atoms with Gasteiger partial charge in [-0.15, -0.1) is 0 Å². The number of hydrogen-bond acceptors (Lipinski definition) is 4. The minimum Gasteiger partial charge on any atom is -0.395 e. The Labute approximate surface area is 113 Å². The first-order valence-corrected chi connectivity index (χ1v) is 6.83. The average molecular weight is 267 g/mol. The zero-order valence-corrected chi connectivity index (χ0v) is 11.3. The largest absolute Gasteiger partial charge is 0.395 e. The van der Waals surface area contributed by atoms with Crippen LogP contribution < -0.4 is 5.73 Å². The van der Waals surface area contributed by atoms with Crippen LogP contribution in [0.2, 0.25) is 0 Å². The second kappa shape index (κ2) is 6.41. The summed E-state index contributed by atoms with van der Waals surface area (Å²) in [6, 6.07) is 3.08. The van der Waals surface area contributed by atoms with E-state index in [1.807, 2.05) is 0 Å². The number of likely N-dealkylation sites (tertiary alicyclic amines) is 1. The van der Waals surface area contributed by atoms with Gasteiger partial charge in [0.05, 0.1) is 18.5 Å². The highest BCUT2D eigenvalue weighted by molar-refractivity contribution is 5.09. The fourth-order valence-corrected chi connectivity index (χ4v) is 2.72. The van der Waals surface area contributed by atoms with Crippen molar-refractivity contribution in [2.75, 3.05) is 19.7 Å². The third-order valence-electron chi connectivity index (χ3n) is 4.04. The van der Waals surface area contributed by atoms with E-state index >= 15 is 0 Å². The molecule has 19 heavy (non-hydrogen) atoms. The van der Waals surface area contributed by atoms with Crippen molar-refractivity contribution in [3.05, 3.63) is 29.8 Å². The van der Waals surface area contributed by atoms with Crippen molar-refractivity contribution in [2.45, 2.75) is 31.8 Å². The first kappa shape index (κ1) is 14.4. The van der Waals surface area contributed by atoms with Gasteiger partial charge in [-0.2, -0.15) is 0 Å². The first-order chi connectivity index (χ1) is 9.11. The van der Waals surface area contributed by atoms with Gasteiger partial charge in [-0.05, 0) is 37.4 Å². The molecule has 106 valence electrons. The maximum absolute atomic E-state index is 12.8. The molecular weight excluding hydrogens is 245 g/mol. The smallest absolute Gasteiger partial charge is 0.141 e. The van der Waals surface area contributed by atoms with Crippen LogP contribution in [0.25, 0.3) is 0 Å². The molecule has 1 fully saturated rings. The Hall–Kier alpha value is -1.04. The Morgan fingerprint density at radius 3 is 3.00 bits per heavy atom. The number of hydrogen-bond donors (Lipinski definition) is 2. The highest BCUT2D eigenvalue weighted by Crippen LogP contribution is 2.24. The molecule has 1 saturated heterocycles. The second-order valence-corrected chi connectivity index (χ2v) is 5.35. The van der Waals surface area contributed by atoms with Gasteiger partial charge in [-0.1, -0.05) is 6.92 Å². The molecule has 0 aromatic carbocycles. The number of aromatic nitrogens is 1. The van der Waals surface area contributed by atoms with Crippen molar-refractivity contribution < 1.29 is 9.50 Å². The molecule has 3 unspecified atom stereocenters. The van der Waals surface area contributed by atoms with Crippen molar-refractivity contribution in [1.82, 2.24) is 9.88 Å². The van der Waals surface area contributed by atoms with E-state index in [1.165, 1.54) is 12.3 Å². The van der Waals surface area contributed by atoms with Gasteiger partial charge >= 0.3 is 0 Å². The van der Waals surface area contributed by atoms with Crippen LogP contribution in [0.1, 0.15) is 31.5 Å². The highest BCUT2D eigenvalue weighted by atomic mass is 19.1. The predicted octanol–water partition coefficient (Wildman–Crippen LogP) is 1.31. The number of nitrogens with zero attached hydrogens (tertiary/aromatic N) is 2. The van der Waals surface area contributed by atoms with Crippen molar-refractivity contribution >= 4 is 0 Å². The molecule has 3 atom stereocenters. The molecule has 1 aliphatic rings. The quantitative estimate of drug-likeness (QED) is 0.844. The van der Waals surface area contributed by atoms with E-state index in [0.717, 1.165) is 25.9 Å². The van der Waals surface area contributed by atoms with Gasteiger partial charge in [-0.3, -0.25) is 9.88 Å². The summed E-state index contributed by atoms with van der Waals surface area (Å²) in [5.41, 5.74) is 6.79. The Bertz CT molecular complexity index is 398. The number of rotatable bonds is 5. The van der Waals surface area contributed by atoms with Crippen LogP contribution in [0.5, 0.6) is 0 Å². The zero-order valence-electron chi connectivity index (χ0n) is 11.3. The second-order valence-electron chi connectivity index (χ2n) is 5.35. The maximum Gasteiger partial charge on any atom is 0.141 e. The molecule has 1 aromatic rings. The fraction of sp³-hybridized carbons (Fsp3) is 0.643. The van der Waals surface area contributed by atoms with E-state index in [0.29, 0.717) is 11.6 Å². The SMILES string of the molecule is CC1CCN(CCC(N)c2ccc(F)cn2)C1CO. The van der Waals surface area contributed by atoms with Crippen LogP contribution in [0.15, 0.2) is 18.3 Å². The predicted molar refractivity (Wildman–Crippen MR) is 72.0 cm³/mol. The molecule has 0 amide bonds. The summed E-state index contributed by atoms with van der Waals surface area (Å²) in [7, 11) is 0. The molecule has 0 spiro atoms. The van der Waals surface area contributed by atoms with Crippen molar-refractivity contribution in [3.63, 3.8) is 0 Å². The summed E-state index contributed by atoms with van der Waals surface area (Å²) in [5, 5.41) is 9.39. The van der Waals surface area contributed by atoms with Crippen LogP contribution in [-0.2, 0) is 0 Å². The monoisotopic (exact) mass is 267 g/mol. The maximum atomic E-state index is 12.8. The van der Waals surface area contributed by atoms with E-state index in [-0.39, 0.29) is 24.5 Å².